The van der Waals surface area contributed by atoms with E-state index in [1.807, 2.05) is 39.2 Å². The zero-order valence-electron chi connectivity index (χ0n) is 11.1. The van der Waals surface area contributed by atoms with Crippen molar-refractivity contribution >= 4 is 27.5 Å². The van der Waals surface area contributed by atoms with Crippen LogP contribution in [0.1, 0.15) is 5.56 Å². The van der Waals surface area contributed by atoms with Crippen LogP contribution in [-0.4, -0.2) is 44.5 Å². The topological polar surface area (TPSA) is 44.4 Å². The van der Waals surface area contributed by atoms with E-state index in [0.29, 0.717) is 6.54 Å². The third-order valence-corrected chi connectivity index (χ3v) is 3.08. The van der Waals surface area contributed by atoms with Crippen LogP contribution >= 0.6 is 15.9 Å². The van der Waals surface area contributed by atoms with Gasteiger partial charge in [0, 0.05) is 17.6 Å². The minimum atomic E-state index is -0.0293. The van der Waals surface area contributed by atoms with Gasteiger partial charge in [-0.15, -0.1) is 0 Å². The lowest BCUT2D eigenvalue weighted by atomic mass is 10.2. The predicted molar refractivity (Wildman–Crippen MR) is 78.9 cm³/mol. The number of hydrogen-bond donors (Lipinski definition) is 2. The lowest BCUT2D eigenvalue weighted by Crippen LogP contribution is -2.33. The third-order valence-electron chi connectivity index (χ3n) is 2.42. The summed E-state index contributed by atoms with van der Waals surface area (Å²) in [6.07, 6.45) is 0. The molecule has 4 nitrogen and oxygen atoms in total. The molecule has 0 heterocycles. The molecule has 1 aromatic rings. The smallest absolute Gasteiger partial charge is 0.238 e. The van der Waals surface area contributed by atoms with Gasteiger partial charge in [-0.1, -0.05) is 6.07 Å². The summed E-state index contributed by atoms with van der Waals surface area (Å²) in [6, 6.07) is 5.85. The number of benzene rings is 1. The number of amides is 1. The van der Waals surface area contributed by atoms with E-state index in [0.717, 1.165) is 28.8 Å². The molecular formula is C13H20BrN3O. The Bertz CT molecular complexity index is 407. The van der Waals surface area contributed by atoms with Crippen LogP contribution in [0.3, 0.4) is 0 Å². The highest BCUT2D eigenvalue weighted by Crippen LogP contribution is 2.22. The van der Waals surface area contributed by atoms with E-state index in [4.69, 9.17) is 0 Å². The monoisotopic (exact) mass is 313 g/mol. The van der Waals surface area contributed by atoms with E-state index in [2.05, 4.69) is 31.5 Å². The average Bonchev–Trinajstić information content (AvgIpc) is 2.28. The molecule has 0 saturated heterocycles. The Hall–Kier alpha value is -0.910. The molecule has 5 heteroatoms. The van der Waals surface area contributed by atoms with Crippen LogP contribution in [0.4, 0.5) is 5.69 Å². The van der Waals surface area contributed by atoms with E-state index in [-0.39, 0.29) is 5.91 Å². The van der Waals surface area contributed by atoms with Crippen molar-refractivity contribution in [2.45, 2.75) is 6.92 Å². The molecule has 1 aromatic carbocycles. The highest BCUT2D eigenvalue weighted by atomic mass is 79.9. The highest BCUT2D eigenvalue weighted by Gasteiger charge is 2.05. The molecule has 0 bridgehead atoms. The Labute approximate surface area is 117 Å². The minimum absolute atomic E-state index is 0.0293. The lowest BCUT2D eigenvalue weighted by Gasteiger charge is -2.11. The van der Waals surface area contributed by atoms with E-state index < -0.39 is 0 Å². The fraction of sp³-hybridized carbons (Fsp3) is 0.462. The van der Waals surface area contributed by atoms with Crippen LogP contribution in [0.25, 0.3) is 0 Å². The quantitative estimate of drug-likeness (QED) is 0.788. The van der Waals surface area contributed by atoms with Crippen LogP contribution in [0.2, 0.25) is 0 Å². The highest BCUT2D eigenvalue weighted by molar-refractivity contribution is 9.10. The molecule has 0 unspecified atom stereocenters. The second-order valence-corrected chi connectivity index (χ2v) is 5.37. The Morgan fingerprint density at radius 2 is 2.11 bits per heavy atom. The zero-order valence-corrected chi connectivity index (χ0v) is 12.7. The summed E-state index contributed by atoms with van der Waals surface area (Å²) < 4.78 is 0.907. The Balaban J connectivity index is 2.35. The maximum Gasteiger partial charge on any atom is 0.238 e. The van der Waals surface area contributed by atoms with Gasteiger partial charge < -0.3 is 15.5 Å². The number of carbonyl (C=O) groups excluding carboxylic acids is 1. The second-order valence-electron chi connectivity index (χ2n) is 4.51. The number of likely N-dealkylation sites (N-methyl/N-ethyl adjacent to an activating group) is 1. The van der Waals surface area contributed by atoms with Crippen molar-refractivity contribution in [3.63, 3.8) is 0 Å². The van der Waals surface area contributed by atoms with E-state index in [1.54, 1.807) is 0 Å². The van der Waals surface area contributed by atoms with Crippen LogP contribution in [0.15, 0.2) is 22.7 Å². The molecule has 0 atom stereocenters. The van der Waals surface area contributed by atoms with Gasteiger partial charge in [0.05, 0.1) is 12.2 Å². The summed E-state index contributed by atoms with van der Waals surface area (Å²) in [6.45, 7) is 4.06. The molecule has 0 aliphatic carbocycles. The standard InChI is InChI=1S/C13H20BrN3O/c1-10-4-5-12(11(14)8-10)16-13(18)9-15-6-7-17(2)3/h4-5,8,15H,6-7,9H2,1-3H3,(H,16,18). The molecule has 2 N–H and O–H groups in total. The Morgan fingerprint density at radius 3 is 2.72 bits per heavy atom. The van der Waals surface area contributed by atoms with Gasteiger partial charge in [-0.05, 0) is 54.6 Å². The first-order valence-electron chi connectivity index (χ1n) is 5.90. The number of anilines is 1. The molecule has 0 aliphatic rings. The molecule has 0 aliphatic heterocycles. The van der Waals surface area contributed by atoms with Crippen LogP contribution in [0.5, 0.6) is 0 Å². The van der Waals surface area contributed by atoms with E-state index in [1.165, 1.54) is 0 Å². The number of aryl methyl sites for hydroxylation is 1. The first kappa shape index (κ1) is 15.1. The maximum absolute atomic E-state index is 11.7. The Morgan fingerprint density at radius 1 is 1.39 bits per heavy atom. The number of halogens is 1. The SMILES string of the molecule is Cc1ccc(NC(=O)CNCCN(C)C)c(Br)c1. The largest absolute Gasteiger partial charge is 0.324 e. The number of rotatable bonds is 6. The van der Waals surface area contributed by atoms with Gasteiger partial charge >= 0.3 is 0 Å². The molecule has 0 aromatic heterocycles. The van der Waals surface area contributed by atoms with Gasteiger partial charge in [0.15, 0.2) is 0 Å². The van der Waals surface area contributed by atoms with E-state index in [9.17, 15) is 4.79 Å². The van der Waals surface area contributed by atoms with Gasteiger partial charge in [0.2, 0.25) is 5.91 Å². The van der Waals surface area contributed by atoms with Crippen LogP contribution < -0.4 is 10.6 Å². The molecule has 0 fully saturated rings. The van der Waals surface area contributed by atoms with E-state index >= 15 is 0 Å². The summed E-state index contributed by atoms with van der Waals surface area (Å²) in [7, 11) is 4.01. The average molecular weight is 314 g/mol. The minimum Gasteiger partial charge on any atom is -0.324 e. The van der Waals surface area contributed by atoms with Crippen molar-refractivity contribution in [1.29, 1.82) is 0 Å². The fourth-order valence-corrected chi connectivity index (χ4v) is 2.01. The molecule has 1 amide bonds. The summed E-state index contributed by atoms with van der Waals surface area (Å²) in [5, 5.41) is 5.96. The predicted octanol–water partition coefficient (Wildman–Crippen LogP) is 1.85. The third kappa shape index (κ3) is 5.62. The van der Waals surface area contributed by atoms with Gasteiger partial charge in [-0.2, -0.15) is 0 Å². The second kappa shape index (κ2) is 7.51. The molecule has 0 spiro atoms. The van der Waals surface area contributed by atoms with Crippen LogP contribution in [-0.2, 0) is 4.79 Å². The van der Waals surface area contributed by atoms with Crippen molar-refractivity contribution in [3.05, 3.63) is 28.2 Å². The van der Waals surface area contributed by atoms with Crippen molar-refractivity contribution in [1.82, 2.24) is 10.2 Å². The van der Waals surface area contributed by atoms with Gasteiger partial charge in [-0.3, -0.25) is 4.79 Å². The first-order chi connectivity index (χ1) is 8.49. The van der Waals surface area contributed by atoms with Gasteiger partial charge in [0.25, 0.3) is 0 Å². The van der Waals surface area contributed by atoms with Gasteiger partial charge in [-0.25, -0.2) is 0 Å². The molecular weight excluding hydrogens is 294 g/mol. The lowest BCUT2D eigenvalue weighted by molar-refractivity contribution is -0.115. The summed E-state index contributed by atoms with van der Waals surface area (Å²) in [4.78, 5) is 13.8. The van der Waals surface area contributed by atoms with Gasteiger partial charge in [0.1, 0.15) is 0 Å². The normalized spacial score (nSPS) is 10.7. The molecule has 0 radical (unpaired) electrons. The van der Waals surface area contributed by atoms with Crippen molar-refractivity contribution in [3.8, 4) is 0 Å². The van der Waals surface area contributed by atoms with Crippen molar-refractivity contribution in [2.24, 2.45) is 0 Å². The summed E-state index contributed by atoms with van der Waals surface area (Å²) in [5.74, 6) is -0.0293. The number of nitrogens with zero attached hydrogens (tertiary/aromatic N) is 1. The number of hydrogen-bond acceptors (Lipinski definition) is 3. The van der Waals surface area contributed by atoms with Crippen molar-refractivity contribution < 1.29 is 4.79 Å². The molecule has 1 rings (SSSR count). The van der Waals surface area contributed by atoms with Crippen molar-refractivity contribution in [2.75, 3.05) is 39.0 Å². The molecule has 100 valence electrons. The molecule has 0 saturated carbocycles. The maximum atomic E-state index is 11.7. The number of carbonyl (C=O) groups is 1. The Kier molecular flexibility index (Phi) is 6.32. The molecule has 18 heavy (non-hydrogen) atoms. The van der Waals surface area contributed by atoms with Crippen LogP contribution in [0, 0.1) is 6.92 Å². The summed E-state index contributed by atoms with van der Waals surface area (Å²) >= 11 is 3.43. The summed E-state index contributed by atoms with van der Waals surface area (Å²) in [5.41, 5.74) is 1.96. The first-order valence-corrected chi connectivity index (χ1v) is 6.70. The zero-order chi connectivity index (χ0) is 13.5. The fourth-order valence-electron chi connectivity index (χ4n) is 1.42. The number of nitrogens with one attached hydrogen (secondary N) is 2.